The van der Waals surface area contributed by atoms with E-state index in [2.05, 4.69) is 6.92 Å². The van der Waals surface area contributed by atoms with Gasteiger partial charge in [0, 0.05) is 5.75 Å². The summed E-state index contributed by atoms with van der Waals surface area (Å²) in [6, 6.07) is 0. The highest BCUT2D eigenvalue weighted by Crippen LogP contribution is 2.56. The van der Waals surface area contributed by atoms with Crippen LogP contribution >= 0.6 is 17.1 Å². The first kappa shape index (κ1) is 12.9. The van der Waals surface area contributed by atoms with Crippen molar-refractivity contribution in [1.82, 2.24) is 0 Å². The Balaban J connectivity index is 3.49. The van der Waals surface area contributed by atoms with Crippen molar-refractivity contribution in [2.75, 3.05) is 12.4 Å². The Morgan fingerprint density at radius 1 is 1.42 bits per heavy atom. The van der Waals surface area contributed by atoms with Crippen molar-refractivity contribution in [3.63, 3.8) is 0 Å². The number of rotatable bonds is 7. The molecule has 0 saturated heterocycles. The smallest absolute Gasteiger partial charge is 0.244 e. The molecule has 5 heteroatoms. The van der Waals surface area contributed by atoms with Crippen LogP contribution in [-0.2, 0) is 16.3 Å². The van der Waals surface area contributed by atoms with Crippen LogP contribution in [0.2, 0.25) is 0 Å². The molecule has 0 saturated carbocycles. The zero-order chi connectivity index (χ0) is 9.45. The van der Waals surface area contributed by atoms with Gasteiger partial charge >= 0.3 is 0 Å². The van der Waals surface area contributed by atoms with Crippen LogP contribution in [0.25, 0.3) is 0 Å². The fraction of sp³-hybridized carbons (Fsp3) is 1.00. The molecule has 0 aliphatic rings. The second-order valence-corrected chi connectivity index (χ2v) is 8.79. The second-order valence-electron chi connectivity index (χ2n) is 2.49. The molecule has 0 aliphatic heterocycles. The summed E-state index contributed by atoms with van der Waals surface area (Å²) in [4.78, 5) is 9.54. The maximum Gasteiger partial charge on any atom is 0.244 e. The van der Waals surface area contributed by atoms with Gasteiger partial charge in [0.2, 0.25) is 5.69 Å². The van der Waals surface area contributed by atoms with Gasteiger partial charge in [-0.2, -0.15) is 0 Å². The van der Waals surface area contributed by atoms with Crippen molar-refractivity contribution in [3.05, 3.63) is 0 Å². The van der Waals surface area contributed by atoms with Crippen LogP contribution in [0.4, 0.5) is 0 Å². The molecule has 0 fully saturated rings. The standard InChI is InChI=1S/C7H17O2PS2/c1-3-5-7-12-10(8,11)9-6-4-2/h3-7H2,1-2H3,(H,8,11). The van der Waals surface area contributed by atoms with Gasteiger partial charge in [-0.3, -0.25) is 0 Å². The molecule has 0 spiro atoms. The van der Waals surface area contributed by atoms with Crippen molar-refractivity contribution in [3.8, 4) is 0 Å². The predicted octanol–water partition coefficient (Wildman–Crippen LogP) is 3.16. The van der Waals surface area contributed by atoms with Crippen LogP contribution in [0, 0.1) is 0 Å². The van der Waals surface area contributed by atoms with E-state index in [0.29, 0.717) is 6.61 Å². The molecular formula is C7H17O2PS2. The third-order valence-corrected chi connectivity index (χ3v) is 5.63. The molecule has 0 aromatic carbocycles. The van der Waals surface area contributed by atoms with Gasteiger partial charge in [0.05, 0.1) is 6.61 Å². The monoisotopic (exact) mass is 228 g/mol. The molecule has 0 rings (SSSR count). The first-order valence-corrected chi connectivity index (χ1v) is 8.50. The van der Waals surface area contributed by atoms with Crippen molar-refractivity contribution in [1.29, 1.82) is 0 Å². The lowest BCUT2D eigenvalue weighted by atomic mass is 10.4. The maximum atomic E-state index is 9.54. The Labute approximate surface area is 84.0 Å². The van der Waals surface area contributed by atoms with Gasteiger partial charge in [0.15, 0.2) is 0 Å². The van der Waals surface area contributed by atoms with Crippen LogP contribution < -0.4 is 0 Å². The largest absolute Gasteiger partial charge is 0.337 e. The van der Waals surface area contributed by atoms with Gasteiger partial charge < -0.3 is 9.42 Å². The summed E-state index contributed by atoms with van der Waals surface area (Å²) in [5.74, 6) is 0.911. The number of hydrogen-bond acceptors (Lipinski definition) is 3. The topological polar surface area (TPSA) is 29.5 Å². The highest BCUT2D eigenvalue weighted by Gasteiger charge is 2.12. The van der Waals surface area contributed by atoms with Crippen LogP contribution in [0.1, 0.15) is 33.1 Å². The van der Waals surface area contributed by atoms with Crippen molar-refractivity contribution in [2.45, 2.75) is 33.1 Å². The van der Waals surface area contributed by atoms with Crippen LogP contribution in [0.15, 0.2) is 0 Å². The van der Waals surface area contributed by atoms with Crippen molar-refractivity contribution in [2.24, 2.45) is 0 Å². The van der Waals surface area contributed by atoms with E-state index in [9.17, 15) is 4.89 Å². The molecule has 12 heavy (non-hydrogen) atoms. The highest BCUT2D eigenvalue weighted by molar-refractivity contribution is 8.67. The molecule has 2 nitrogen and oxygen atoms in total. The van der Waals surface area contributed by atoms with Gasteiger partial charge in [-0.15, -0.1) is 0 Å². The molecule has 0 amide bonds. The molecule has 1 N–H and O–H groups in total. The second kappa shape index (κ2) is 7.34. The summed E-state index contributed by atoms with van der Waals surface area (Å²) in [6.07, 6.45) is 3.14. The summed E-state index contributed by atoms with van der Waals surface area (Å²) in [7, 11) is 0. The minimum absolute atomic E-state index is 0.576. The van der Waals surface area contributed by atoms with E-state index in [1.807, 2.05) is 6.92 Å². The normalized spacial score (nSPS) is 15.9. The average molecular weight is 228 g/mol. The zero-order valence-electron chi connectivity index (χ0n) is 7.65. The fourth-order valence-electron chi connectivity index (χ4n) is 0.568. The zero-order valence-corrected chi connectivity index (χ0v) is 10.2. The van der Waals surface area contributed by atoms with Crippen molar-refractivity contribution < 1.29 is 9.42 Å². The Hall–Kier alpha value is 0.920. The van der Waals surface area contributed by atoms with E-state index in [-0.39, 0.29) is 0 Å². The first-order chi connectivity index (χ1) is 5.62. The summed E-state index contributed by atoms with van der Waals surface area (Å²) >= 11 is 6.33. The SMILES string of the molecule is CCCCSP(O)(=S)OCCC. The summed E-state index contributed by atoms with van der Waals surface area (Å²) in [5.41, 5.74) is -2.49. The van der Waals surface area contributed by atoms with Crippen LogP contribution in [0.3, 0.4) is 0 Å². The van der Waals surface area contributed by atoms with E-state index in [1.165, 1.54) is 11.4 Å². The van der Waals surface area contributed by atoms with Gasteiger partial charge in [0.25, 0.3) is 0 Å². The molecule has 0 aliphatic carbocycles. The molecule has 0 heterocycles. The lowest BCUT2D eigenvalue weighted by Gasteiger charge is -2.13. The molecule has 0 aromatic rings. The highest BCUT2D eigenvalue weighted by atomic mass is 32.9. The lowest BCUT2D eigenvalue weighted by molar-refractivity contribution is 0.320. The molecule has 0 aromatic heterocycles. The number of hydrogen-bond donors (Lipinski definition) is 1. The Kier molecular flexibility index (Phi) is 7.90. The maximum absolute atomic E-state index is 9.54. The van der Waals surface area contributed by atoms with Crippen LogP contribution in [0.5, 0.6) is 0 Å². The van der Waals surface area contributed by atoms with Gasteiger partial charge in [0.1, 0.15) is 0 Å². The molecule has 0 bridgehead atoms. The molecular weight excluding hydrogens is 211 g/mol. The lowest BCUT2D eigenvalue weighted by Crippen LogP contribution is -1.88. The predicted molar refractivity (Wildman–Crippen MR) is 60.1 cm³/mol. The third kappa shape index (κ3) is 7.56. The van der Waals surface area contributed by atoms with Gasteiger partial charge in [-0.05, 0) is 24.6 Å². The third-order valence-electron chi connectivity index (χ3n) is 1.21. The summed E-state index contributed by atoms with van der Waals surface area (Å²) < 4.78 is 5.17. The summed E-state index contributed by atoms with van der Waals surface area (Å²) in [6.45, 7) is 4.70. The van der Waals surface area contributed by atoms with E-state index in [4.69, 9.17) is 16.3 Å². The Morgan fingerprint density at radius 3 is 2.58 bits per heavy atom. The fourth-order valence-corrected chi connectivity index (χ4v) is 4.13. The first-order valence-electron chi connectivity index (χ1n) is 4.24. The van der Waals surface area contributed by atoms with Gasteiger partial charge in [-0.25, -0.2) is 0 Å². The minimum Gasteiger partial charge on any atom is -0.337 e. The molecule has 1 unspecified atom stereocenters. The van der Waals surface area contributed by atoms with E-state index >= 15 is 0 Å². The Bertz CT molecular complexity index is 152. The minimum atomic E-state index is -2.49. The molecule has 0 radical (unpaired) electrons. The Morgan fingerprint density at radius 2 is 2.08 bits per heavy atom. The summed E-state index contributed by atoms with van der Waals surface area (Å²) in [5, 5.41) is 0. The molecule has 74 valence electrons. The average Bonchev–Trinajstić information content (AvgIpc) is 2.01. The van der Waals surface area contributed by atoms with E-state index in [1.54, 1.807) is 0 Å². The van der Waals surface area contributed by atoms with Crippen molar-refractivity contribution >= 4 is 28.9 Å². The van der Waals surface area contributed by atoms with E-state index in [0.717, 1.165) is 25.0 Å². The van der Waals surface area contributed by atoms with Gasteiger partial charge in [-0.1, -0.05) is 31.7 Å². The van der Waals surface area contributed by atoms with Crippen LogP contribution in [-0.4, -0.2) is 17.3 Å². The van der Waals surface area contributed by atoms with E-state index < -0.39 is 5.69 Å². The quantitative estimate of drug-likeness (QED) is 0.535. The number of unbranched alkanes of at least 4 members (excludes halogenated alkanes) is 1. The molecule has 1 atom stereocenters.